The van der Waals surface area contributed by atoms with E-state index in [2.05, 4.69) is 5.32 Å². The van der Waals surface area contributed by atoms with Crippen molar-refractivity contribution >= 4 is 11.8 Å². The Morgan fingerprint density at radius 3 is 2.42 bits per heavy atom. The minimum Gasteiger partial charge on any atom is -0.357 e. The van der Waals surface area contributed by atoms with Crippen molar-refractivity contribution in [3.8, 4) is 0 Å². The second-order valence-electron chi connectivity index (χ2n) is 6.20. The smallest absolute Gasteiger partial charge is 0.357 e. The van der Waals surface area contributed by atoms with E-state index in [0.29, 0.717) is 0 Å². The molecule has 0 radical (unpaired) electrons. The lowest BCUT2D eigenvalue weighted by molar-refractivity contribution is -0.163. The normalized spacial score (nSPS) is 16.8. The molecule has 5 nitrogen and oxygen atoms in total. The predicted molar refractivity (Wildman–Crippen MR) is 82.0 cm³/mol. The first-order valence-corrected chi connectivity index (χ1v) is 8.03. The number of rotatable bonds is 6. The molecule has 0 saturated heterocycles. The summed E-state index contributed by atoms with van der Waals surface area (Å²) in [6.45, 7) is 0. The number of hydrogen-bond donors (Lipinski definition) is 2. The van der Waals surface area contributed by atoms with Crippen LogP contribution in [0.5, 0.6) is 0 Å². The van der Waals surface area contributed by atoms with Gasteiger partial charge >= 0.3 is 6.18 Å². The molecular weight excluding hydrogens is 323 g/mol. The fourth-order valence-electron chi connectivity index (χ4n) is 2.88. The molecule has 8 heteroatoms. The van der Waals surface area contributed by atoms with Gasteiger partial charge in [-0.2, -0.15) is 13.2 Å². The standard InChI is InChI=1S/C16H22F3N3O2/c1-22-9-8-11(10-22)15(16(17,18)19)21-14(24)7-6-13(23)20-12-4-2-3-5-12/h8-10,12,15H,2-7H2,1H3,(H,20,23)(H,21,24)/t15-/m0/s1. The Balaban J connectivity index is 1.85. The molecule has 1 atom stereocenters. The van der Waals surface area contributed by atoms with Gasteiger partial charge in [0.2, 0.25) is 11.8 Å². The first-order chi connectivity index (χ1) is 11.3. The van der Waals surface area contributed by atoms with E-state index < -0.39 is 18.1 Å². The highest BCUT2D eigenvalue weighted by Gasteiger charge is 2.42. The number of hydrogen-bond acceptors (Lipinski definition) is 2. The highest BCUT2D eigenvalue weighted by atomic mass is 19.4. The van der Waals surface area contributed by atoms with Crippen molar-refractivity contribution in [1.29, 1.82) is 0 Å². The van der Waals surface area contributed by atoms with Gasteiger partial charge in [-0.3, -0.25) is 9.59 Å². The monoisotopic (exact) mass is 345 g/mol. The molecule has 1 fully saturated rings. The fraction of sp³-hybridized carbons (Fsp3) is 0.625. The number of aryl methyl sites for hydroxylation is 1. The van der Waals surface area contributed by atoms with Gasteiger partial charge in [0.1, 0.15) is 0 Å². The van der Waals surface area contributed by atoms with Crippen LogP contribution in [0.25, 0.3) is 0 Å². The quantitative estimate of drug-likeness (QED) is 0.832. The summed E-state index contributed by atoms with van der Waals surface area (Å²) in [5, 5.41) is 4.79. The van der Waals surface area contributed by atoms with Gasteiger partial charge in [0, 0.05) is 43.9 Å². The molecule has 2 amide bonds. The molecule has 1 aliphatic rings. The Morgan fingerprint density at radius 2 is 1.88 bits per heavy atom. The maximum absolute atomic E-state index is 13.1. The second kappa shape index (κ2) is 7.72. The van der Waals surface area contributed by atoms with Crippen molar-refractivity contribution in [3.63, 3.8) is 0 Å². The van der Waals surface area contributed by atoms with Gasteiger partial charge in [0.25, 0.3) is 0 Å². The lowest BCUT2D eigenvalue weighted by Gasteiger charge is -2.21. The van der Waals surface area contributed by atoms with Crippen LogP contribution in [-0.2, 0) is 16.6 Å². The van der Waals surface area contributed by atoms with Crippen LogP contribution in [0.2, 0.25) is 0 Å². The summed E-state index contributed by atoms with van der Waals surface area (Å²) in [4.78, 5) is 23.6. The molecule has 2 N–H and O–H groups in total. The molecule has 0 spiro atoms. The summed E-state index contributed by atoms with van der Waals surface area (Å²) in [5.74, 6) is -1.08. The van der Waals surface area contributed by atoms with Crippen molar-refractivity contribution < 1.29 is 22.8 Å². The molecule has 1 heterocycles. The summed E-state index contributed by atoms with van der Waals surface area (Å²) < 4.78 is 40.9. The van der Waals surface area contributed by atoms with Gasteiger partial charge in [-0.1, -0.05) is 12.8 Å². The lowest BCUT2D eigenvalue weighted by Crippen LogP contribution is -2.39. The molecule has 1 aromatic rings. The van der Waals surface area contributed by atoms with E-state index in [9.17, 15) is 22.8 Å². The summed E-state index contributed by atoms with van der Waals surface area (Å²) in [7, 11) is 1.60. The van der Waals surface area contributed by atoms with E-state index in [1.54, 1.807) is 7.05 Å². The molecule has 1 saturated carbocycles. The van der Waals surface area contributed by atoms with E-state index in [1.165, 1.54) is 23.0 Å². The minimum absolute atomic E-state index is 0.0336. The molecule has 1 aromatic heterocycles. The third kappa shape index (κ3) is 5.28. The molecule has 24 heavy (non-hydrogen) atoms. The first-order valence-electron chi connectivity index (χ1n) is 8.03. The zero-order chi connectivity index (χ0) is 17.7. The topological polar surface area (TPSA) is 63.1 Å². The van der Waals surface area contributed by atoms with Gasteiger partial charge < -0.3 is 15.2 Å². The number of halogens is 3. The molecule has 1 aliphatic carbocycles. The van der Waals surface area contributed by atoms with Crippen molar-refractivity contribution in [1.82, 2.24) is 15.2 Å². The number of carbonyl (C=O) groups is 2. The Labute approximate surface area is 138 Å². The number of aromatic nitrogens is 1. The third-order valence-corrected chi connectivity index (χ3v) is 4.12. The highest BCUT2D eigenvalue weighted by molar-refractivity contribution is 5.84. The van der Waals surface area contributed by atoms with Crippen molar-refractivity contribution in [3.05, 3.63) is 24.0 Å². The van der Waals surface area contributed by atoms with E-state index >= 15 is 0 Å². The van der Waals surface area contributed by atoms with Crippen LogP contribution < -0.4 is 10.6 Å². The van der Waals surface area contributed by atoms with Crippen LogP contribution >= 0.6 is 0 Å². The molecule has 134 valence electrons. The Kier molecular flexibility index (Phi) is 5.90. The fourth-order valence-corrected chi connectivity index (χ4v) is 2.88. The van der Waals surface area contributed by atoms with Crippen LogP contribution in [0.1, 0.15) is 50.1 Å². The minimum atomic E-state index is -4.59. The molecule has 0 aliphatic heterocycles. The van der Waals surface area contributed by atoms with Crippen LogP contribution in [0.15, 0.2) is 18.5 Å². The largest absolute Gasteiger partial charge is 0.412 e. The lowest BCUT2D eigenvalue weighted by atomic mass is 10.1. The first kappa shape index (κ1) is 18.4. The van der Waals surface area contributed by atoms with E-state index in [0.717, 1.165) is 25.7 Å². The van der Waals surface area contributed by atoms with Crippen molar-refractivity contribution in [2.75, 3.05) is 0 Å². The summed E-state index contributed by atoms with van der Waals surface area (Å²) >= 11 is 0. The number of nitrogens with one attached hydrogen (secondary N) is 2. The molecular formula is C16H22F3N3O2. The zero-order valence-corrected chi connectivity index (χ0v) is 13.5. The maximum atomic E-state index is 13.1. The number of nitrogens with zero attached hydrogens (tertiary/aromatic N) is 1. The average molecular weight is 345 g/mol. The van der Waals surface area contributed by atoms with Gasteiger partial charge in [0.05, 0.1) is 0 Å². The molecule has 2 rings (SSSR count). The van der Waals surface area contributed by atoms with E-state index in [4.69, 9.17) is 0 Å². The van der Waals surface area contributed by atoms with Crippen molar-refractivity contribution in [2.24, 2.45) is 7.05 Å². The average Bonchev–Trinajstić information content (AvgIpc) is 3.13. The van der Waals surface area contributed by atoms with E-state index in [-0.39, 0.29) is 30.4 Å². The second-order valence-corrected chi connectivity index (χ2v) is 6.20. The number of alkyl halides is 3. The Bertz CT molecular complexity index is 577. The van der Waals surface area contributed by atoms with Gasteiger partial charge in [0.15, 0.2) is 6.04 Å². The predicted octanol–water partition coefficient (Wildman–Crippen LogP) is 2.58. The van der Waals surface area contributed by atoms with Crippen molar-refractivity contribution in [2.45, 2.75) is 56.8 Å². The van der Waals surface area contributed by atoms with Crippen LogP contribution in [0.3, 0.4) is 0 Å². The van der Waals surface area contributed by atoms with Crippen LogP contribution in [0, 0.1) is 0 Å². The number of carbonyl (C=O) groups excluding carboxylic acids is 2. The Morgan fingerprint density at radius 1 is 1.25 bits per heavy atom. The number of amides is 2. The third-order valence-electron chi connectivity index (χ3n) is 4.12. The highest BCUT2D eigenvalue weighted by Crippen LogP contribution is 2.32. The summed E-state index contributed by atoms with van der Waals surface area (Å²) in [6.07, 6.45) is 1.79. The summed E-state index contributed by atoms with van der Waals surface area (Å²) in [5.41, 5.74) is -0.0336. The van der Waals surface area contributed by atoms with Gasteiger partial charge in [-0.15, -0.1) is 0 Å². The zero-order valence-electron chi connectivity index (χ0n) is 13.5. The van der Waals surface area contributed by atoms with Gasteiger partial charge in [-0.25, -0.2) is 0 Å². The van der Waals surface area contributed by atoms with Crippen LogP contribution in [0.4, 0.5) is 13.2 Å². The molecule has 0 bridgehead atoms. The molecule has 0 unspecified atom stereocenters. The Hall–Kier alpha value is -1.99. The van der Waals surface area contributed by atoms with E-state index in [1.807, 2.05) is 5.32 Å². The molecule has 0 aromatic carbocycles. The summed E-state index contributed by atoms with van der Waals surface area (Å²) in [6, 6.07) is -0.623. The van der Waals surface area contributed by atoms with Gasteiger partial charge in [-0.05, 0) is 18.9 Å². The van der Waals surface area contributed by atoms with Crippen LogP contribution in [-0.4, -0.2) is 28.6 Å². The maximum Gasteiger partial charge on any atom is 0.412 e. The SMILES string of the molecule is Cn1ccc([C@H](NC(=O)CCC(=O)NC2CCCC2)C(F)(F)F)c1.